The van der Waals surface area contributed by atoms with Crippen LogP contribution in [0.4, 0.5) is 5.69 Å². The first kappa shape index (κ1) is 17.8. The van der Waals surface area contributed by atoms with Crippen LogP contribution in [0.25, 0.3) is 0 Å². The standard InChI is InChI=1S/C19H20N2O5S/c1-13-12-27(24,25)21(18(13)22)16-6-4-14(5-7-16)19(23)20-9-8-15(11-20)17-3-2-10-26-17/h2-7,10,13,15H,8-9,11-12H2,1H3. The quantitative estimate of drug-likeness (QED) is 0.805. The fourth-order valence-corrected chi connectivity index (χ4v) is 5.53. The van der Waals surface area contributed by atoms with Crippen LogP contribution in [-0.4, -0.2) is 44.0 Å². The minimum Gasteiger partial charge on any atom is -0.469 e. The lowest BCUT2D eigenvalue weighted by molar-refractivity contribution is -0.119. The number of likely N-dealkylation sites (tertiary alicyclic amines) is 1. The number of sulfonamides is 1. The molecule has 2 aliphatic rings. The average molecular weight is 388 g/mol. The van der Waals surface area contributed by atoms with Gasteiger partial charge in [0, 0.05) is 24.6 Å². The van der Waals surface area contributed by atoms with E-state index in [1.165, 1.54) is 12.1 Å². The van der Waals surface area contributed by atoms with E-state index in [1.807, 2.05) is 12.1 Å². The Hall–Kier alpha value is -2.61. The number of amides is 2. The molecule has 0 bridgehead atoms. The van der Waals surface area contributed by atoms with Crippen LogP contribution in [-0.2, 0) is 14.8 Å². The maximum absolute atomic E-state index is 12.7. The van der Waals surface area contributed by atoms with Gasteiger partial charge < -0.3 is 9.32 Å². The minimum absolute atomic E-state index is 0.112. The maximum atomic E-state index is 12.7. The summed E-state index contributed by atoms with van der Waals surface area (Å²) in [6, 6.07) is 9.93. The zero-order valence-electron chi connectivity index (χ0n) is 14.9. The molecule has 2 aliphatic heterocycles. The highest BCUT2D eigenvalue weighted by atomic mass is 32.2. The minimum atomic E-state index is -3.64. The van der Waals surface area contributed by atoms with Crippen molar-refractivity contribution in [1.29, 1.82) is 0 Å². The van der Waals surface area contributed by atoms with Crippen LogP contribution in [0.5, 0.6) is 0 Å². The van der Waals surface area contributed by atoms with Crippen molar-refractivity contribution in [3.05, 3.63) is 54.0 Å². The number of hydrogen-bond donors (Lipinski definition) is 0. The Morgan fingerprint density at radius 2 is 1.93 bits per heavy atom. The summed E-state index contributed by atoms with van der Waals surface area (Å²) >= 11 is 0. The number of carbonyl (C=O) groups is 2. The second kappa shape index (κ2) is 6.53. The van der Waals surface area contributed by atoms with Gasteiger partial charge in [0.15, 0.2) is 0 Å². The molecule has 2 atom stereocenters. The Balaban J connectivity index is 1.50. The molecule has 7 nitrogen and oxygen atoms in total. The highest BCUT2D eigenvalue weighted by Gasteiger charge is 2.42. The van der Waals surface area contributed by atoms with E-state index in [0.717, 1.165) is 16.5 Å². The number of rotatable bonds is 3. The second-order valence-electron chi connectivity index (χ2n) is 7.08. The van der Waals surface area contributed by atoms with Gasteiger partial charge >= 0.3 is 0 Å². The molecule has 0 N–H and O–H groups in total. The van der Waals surface area contributed by atoms with Crippen LogP contribution in [0.2, 0.25) is 0 Å². The molecule has 1 aromatic heterocycles. The first-order chi connectivity index (χ1) is 12.9. The maximum Gasteiger partial charge on any atom is 0.253 e. The van der Waals surface area contributed by atoms with Gasteiger partial charge in [-0.25, -0.2) is 12.7 Å². The summed E-state index contributed by atoms with van der Waals surface area (Å²) in [5.74, 6) is -0.215. The first-order valence-corrected chi connectivity index (χ1v) is 10.5. The molecule has 1 aromatic carbocycles. The zero-order chi connectivity index (χ0) is 19.2. The van der Waals surface area contributed by atoms with Gasteiger partial charge in [-0.1, -0.05) is 6.92 Å². The van der Waals surface area contributed by atoms with E-state index in [0.29, 0.717) is 18.7 Å². The molecule has 0 radical (unpaired) electrons. The molecule has 2 aromatic rings. The van der Waals surface area contributed by atoms with E-state index >= 15 is 0 Å². The summed E-state index contributed by atoms with van der Waals surface area (Å²) < 4.78 is 30.6. The van der Waals surface area contributed by atoms with Crippen molar-refractivity contribution in [1.82, 2.24) is 4.90 Å². The second-order valence-corrected chi connectivity index (χ2v) is 8.94. The molecule has 2 fully saturated rings. The molecular formula is C19H20N2O5S. The number of carbonyl (C=O) groups excluding carboxylic acids is 2. The third-order valence-electron chi connectivity index (χ3n) is 5.13. The van der Waals surface area contributed by atoms with Gasteiger partial charge in [-0.15, -0.1) is 0 Å². The number of furan rings is 1. The molecule has 27 heavy (non-hydrogen) atoms. The van der Waals surface area contributed by atoms with Crippen LogP contribution < -0.4 is 4.31 Å². The van der Waals surface area contributed by atoms with Crippen molar-refractivity contribution in [2.24, 2.45) is 5.92 Å². The molecule has 142 valence electrons. The molecular weight excluding hydrogens is 368 g/mol. The van der Waals surface area contributed by atoms with E-state index in [2.05, 4.69) is 0 Å². The molecule has 0 saturated carbocycles. The summed E-state index contributed by atoms with van der Waals surface area (Å²) in [5.41, 5.74) is 0.742. The molecule has 3 heterocycles. The molecule has 0 aliphatic carbocycles. The van der Waals surface area contributed by atoms with Crippen LogP contribution in [0.1, 0.15) is 35.4 Å². The fourth-order valence-electron chi connectivity index (χ4n) is 3.71. The first-order valence-electron chi connectivity index (χ1n) is 8.86. The lowest BCUT2D eigenvalue weighted by Crippen LogP contribution is -2.31. The van der Waals surface area contributed by atoms with Crippen molar-refractivity contribution < 1.29 is 22.4 Å². The van der Waals surface area contributed by atoms with Crippen LogP contribution in [0.3, 0.4) is 0 Å². The van der Waals surface area contributed by atoms with Crippen molar-refractivity contribution >= 4 is 27.5 Å². The van der Waals surface area contributed by atoms with E-state index in [-0.39, 0.29) is 23.3 Å². The summed E-state index contributed by atoms with van der Waals surface area (Å²) in [4.78, 5) is 26.7. The fraction of sp³-hybridized carbons (Fsp3) is 0.368. The molecule has 8 heteroatoms. The summed E-state index contributed by atoms with van der Waals surface area (Å²) in [5, 5.41) is 0. The average Bonchev–Trinajstić information content (AvgIpc) is 3.35. The van der Waals surface area contributed by atoms with Crippen molar-refractivity contribution in [3.63, 3.8) is 0 Å². The number of benzene rings is 1. The molecule has 2 unspecified atom stereocenters. The largest absolute Gasteiger partial charge is 0.469 e. The predicted molar refractivity (Wildman–Crippen MR) is 98.8 cm³/mol. The van der Waals surface area contributed by atoms with Crippen LogP contribution >= 0.6 is 0 Å². The lowest BCUT2D eigenvalue weighted by Gasteiger charge is -2.18. The van der Waals surface area contributed by atoms with Crippen molar-refractivity contribution in [2.45, 2.75) is 19.3 Å². The Morgan fingerprint density at radius 3 is 2.52 bits per heavy atom. The number of anilines is 1. The smallest absolute Gasteiger partial charge is 0.253 e. The normalized spacial score (nSPS) is 24.6. The van der Waals surface area contributed by atoms with Crippen LogP contribution in [0.15, 0.2) is 47.1 Å². The van der Waals surface area contributed by atoms with Gasteiger partial charge in [0.1, 0.15) is 5.76 Å². The molecule has 0 spiro atoms. The van der Waals surface area contributed by atoms with Gasteiger partial charge in [-0.3, -0.25) is 9.59 Å². The highest BCUT2D eigenvalue weighted by molar-refractivity contribution is 7.94. The highest BCUT2D eigenvalue weighted by Crippen LogP contribution is 2.30. The van der Waals surface area contributed by atoms with E-state index in [1.54, 1.807) is 30.2 Å². The van der Waals surface area contributed by atoms with E-state index in [4.69, 9.17) is 4.42 Å². The van der Waals surface area contributed by atoms with Gasteiger partial charge in [0.05, 0.1) is 23.6 Å². The van der Waals surface area contributed by atoms with E-state index in [9.17, 15) is 18.0 Å². The number of hydrogen-bond acceptors (Lipinski definition) is 5. The Morgan fingerprint density at radius 1 is 1.19 bits per heavy atom. The lowest BCUT2D eigenvalue weighted by atomic mass is 10.1. The van der Waals surface area contributed by atoms with Crippen molar-refractivity contribution in [2.75, 3.05) is 23.1 Å². The summed E-state index contributed by atoms with van der Waals surface area (Å²) in [7, 11) is -3.64. The van der Waals surface area contributed by atoms with Crippen LogP contribution in [0, 0.1) is 5.92 Å². The molecule has 2 saturated heterocycles. The predicted octanol–water partition coefficient (Wildman–Crippen LogP) is 2.22. The Kier molecular flexibility index (Phi) is 4.30. The van der Waals surface area contributed by atoms with Gasteiger partial charge in [0.25, 0.3) is 5.91 Å². The molecule has 4 rings (SSSR count). The van der Waals surface area contributed by atoms with Gasteiger partial charge in [-0.2, -0.15) is 0 Å². The summed E-state index contributed by atoms with van der Waals surface area (Å²) in [6.07, 6.45) is 2.48. The van der Waals surface area contributed by atoms with Crippen molar-refractivity contribution in [3.8, 4) is 0 Å². The third-order valence-corrected chi connectivity index (χ3v) is 7.00. The molecule has 2 amide bonds. The zero-order valence-corrected chi connectivity index (χ0v) is 15.7. The topological polar surface area (TPSA) is 87.9 Å². The summed E-state index contributed by atoms with van der Waals surface area (Å²) in [6.45, 7) is 2.83. The number of nitrogens with zero attached hydrogens (tertiary/aromatic N) is 2. The van der Waals surface area contributed by atoms with Gasteiger partial charge in [-0.05, 0) is 42.8 Å². The Labute approximate surface area is 157 Å². The third kappa shape index (κ3) is 3.14. The Bertz CT molecular complexity index is 966. The van der Waals surface area contributed by atoms with E-state index < -0.39 is 21.8 Å². The monoisotopic (exact) mass is 388 g/mol. The SMILES string of the molecule is CC1CS(=O)(=O)N(c2ccc(C(=O)N3CCC(c4ccco4)C3)cc2)C1=O. The van der Waals surface area contributed by atoms with Gasteiger partial charge in [0.2, 0.25) is 15.9 Å².